The molecule has 1 aliphatic rings. The number of aromatic nitrogens is 1. The van der Waals surface area contributed by atoms with Crippen LogP contribution in [0.3, 0.4) is 0 Å². The molecule has 1 aromatic heterocycles. The number of nitrogens with zero attached hydrogens (tertiary/aromatic N) is 2. The summed E-state index contributed by atoms with van der Waals surface area (Å²) >= 11 is 1.64. The van der Waals surface area contributed by atoms with E-state index in [0.29, 0.717) is 18.7 Å². The summed E-state index contributed by atoms with van der Waals surface area (Å²) < 4.78 is 0. The van der Waals surface area contributed by atoms with E-state index in [1.54, 1.807) is 23.5 Å². The van der Waals surface area contributed by atoms with E-state index in [1.807, 2.05) is 65.0 Å². The molecule has 2 amide bonds. The standard InChI is InChI=1S/C23H23N3O2S/c27-21(18-10-5-2-6-11-18)25-20(17-8-3-1-4-9-17)23(28)26-14-7-12-19(16-26)22-24-13-15-29-22/h1-6,8-11,13,15,19-20H,7,12,14,16H2,(H,25,27). The number of amides is 2. The third-order valence-electron chi connectivity index (χ3n) is 5.22. The van der Waals surface area contributed by atoms with Crippen LogP contribution >= 0.6 is 11.3 Å². The lowest BCUT2D eigenvalue weighted by Crippen LogP contribution is -2.46. The normalized spacial score (nSPS) is 17.5. The van der Waals surface area contributed by atoms with Gasteiger partial charge in [-0.1, -0.05) is 48.5 Å². The summed E-state index contributed by atoms with van der Waals surface area (Å²) in [6.07, 6.45) is 3.78. The first-order valence-electron chi connectivity index (χ1n) is 9.81. The molecule has 1 N–H and O–H groups in total. The SMILES string of the molecule is O=C(NC(C(=O)N1CCCC(c2nccs2)C1)c1ccccc1)c1ccccc1. The molecule has 0 radical (unpaired) electrons. The Kier molecular flexibility index (Phi) is 6.00. The molecule has 4 rings (SSSR count). The maximum Gasteiger partial charge on any atom is 0.252 e. The molecule has 2 heterocycles. The maximum atomic E-state index is 13.5. The first-order chi connectivity index (χ1) is 14.2. The Morgan fingerprint density at radius 1 is 1.07 bits per heavy atom. The number of benzene rings is 2. The number of rotatable bonds is 5. The van der Waals surface area contributed by atoms with Gasteiger partial charge in [0.1, 0.15) is 6.04 Å². The molecule has 1 fully saturated rings. The topological polar surface area (TPSA) is 62.3 Å². The smallest absolute Gasteiger partial charge is 0.252 e. The molecular weight excluding hydrogens is 382 g/mol. The highest BCUT2D eigenvalue weighted by molar-refractivity contribution is 7.09. The van der Waals surface area contributed by atoms with Gasteiger partial charge in [0.05, 0.1) is 5.01 Å². The highest BCUT2D eigenvalue weighted by Gasteiger charge is 2.32. The summed E-state index contributed by atoms with van der Waals surface area (Å²) in [5.41, 5.74) is 1.33. The second-order valence-corrected chi connectivity index (χ2v) is 8.10. The Balaban J connectivity index is 1.55. The number of carbonyl (C=O) groups is 2. The van der Waals surface area contributed by atoms with Crippen LogP contribution in [0.1, 0.15) is 45.7 Å². The largest absolute Gasteiger partial charge is 0.340 e. The first kappa shape index (κ1) is 19.3. The summed E-state index contributed by atoms with van der Waals surface area (Å²) in [7, 11) is 0. The van der Waals surface area contributed by atoms with Crippen molar-refractivity contribution in [2.75, 3.05) is 13.1 Å². The maximum absolute atomic E-state index is 13.5. The fourth-order valence-corrected chi connectivity index (χ4v) is 4.50. The van der Waals surface area contributed by atoms with Crippen molar-refractivity contribution in [1.82, 2.24) is 15.2 Å². The molecule has 6 heteroatoms. The molecule has 29 heavy (non-hydrogen) atoms. The molecule has 1 aliphatic heterocycles. The van der Waals surface area contributed by atoms with Gasteiger partial charge in [-0.2, -0.15) is 0 Å². The van der Waals surface area contributed by atoms with Gasteiger partial charge in [-0.15, -0.1) is 11.3 Å². The molecular formula is C23H23N3O2S. The minimum absolute atomic E-state index is 0.0678. The van der Waals surface area contributed by atoms with E-state index in [0.717, 1.165) is 23.4 Å². The van der Waals surface area contributed by atoms with Crippen LogP contribution in [-0.4, -0.2) is 34.8 Å². The van der Waals surface area contributed by atoms with Gasteiger partial charge in [0, 0.05) is 36.1 Å². The van der Waals surface area contributed by atoms with Crippen LogP contribution in [0.5, 0.6) is 0 Å². The van der Waals surface area contributed by atoms with Crippen molar-refractivity contribution in [3.63, 3.8) is 0 Å². The molecule has 5 nitrogen and oxygen atoms in total. The van der Waals surface area contributed by atoms with Crippen molar-refractivity contribution in [2.45, 2.75) is 24.8 Å². The molecule has 0 saturated carbocycles. The lowest BCUT2D eigenvalue weighted by Gasteiger charge is -2.34. The van der Waals surface area contributed by atoms with E-state index in [4.69, 9.17) is 0 Å². The number of piperidine rings is 1. The Hall–Kier alpha value is -2.99. The van der Waals surface area contributed by atoms with Crippen LogP contribution in [0.25, 0.3) is 0 Å². The van der Waals surface area contributed by atoms with Crippen LogP contribution in [0.4, 0.5) is 0 Å². The first-order valence-corrected chi connectivity index (χ1v) is 10.7. The van der Waals surface area contributed by atoms with Gasteiger partial charge < -0.3 is 10.2 Å². The quantitative estimate of drug-likeness (QED) is 0.697. The van der Waals surface area contributed by atoms with Crippen LogP contribution in [0.15, 0.2) is 72.2 Å². The van der Waals surface area contributed by atoms with Gasteiger partial charge in [-0.25, -0.2) is 4.98 Å². The second-order valence-electron chi connectivity index (χ2n) is 7.18. The van der Waals surface area contributed by atoms with E-state index in [9.17, 15) is 9.59 Å². The highest BCUT2D eigenvalue weighted by Crippen LogP contribution is 2.30. The third kappa shape index (κ3) is 4.54. The molecule has 2 unspecified atom stereocenters. The summed E-state index contributed by atoms with van der Waals surface area (Å²) in [6, 6.07) is 17.7. The van der Waals surface area contributed by atoms with Crippen molar-refractivity contribution >= 4 is 23.2 Å². The van der Waals surface area contributed by atoms with Crippen molar-refractivity contribution in [1.29, 1.82) is 0 Å². The molecule has 3 aromatic rings. The van der Waals surface area contributed by atoms with E-state index in [2.05, 4.69) is 10.3 Å². The van der Waals surface area contributed by atoms with E-state index in [1.165, 1.54) is 0 Å². The third-order valence-corrected chi connectivity index (χ3v) is 6.16. The molecule has 148 valence electrons. The van der Waals surface area contributed by atoms with Gasteiger partial charge in [0.25, 0.3) is 5.91 Å². The van der Waals surface area contributed by atoms with Gasteiger partial charge in [-0.3, -0.25) is 9.59 Å². The number of thiazole rings is 1. The average Bonchev–Trinajstić information content (AvgIpc) is 3.33. The second kappa shape index (κ2) is 9.01. The summed E-state index contributed by atoms with van der Waals surface area (Å²) in [5, 5.41) is 6.00. The Morgan fingerprint density at radius 3 is 2.48 bits per heavy atom. The van der Waals surface area contributed by atoms with Crippen molar-refractivity contribution in [3.8, 4) is 0 Å². The van der Waals surface area contributed by atoms with Crippen molar-refractivity contribution in [2.24, 2.45) is 0 Å². The Morgan fingerprint density at radius 2 is 1.79 bits per heavy atom. The minimum Gasteiger partial charge on any atom is -0.340 e. The summed E-state index contributed by atoms with van der Waals surface area (Å²) in [4.78, 5) is 32.6. The van der Waals surface area contributed by atoms with E-state index >= 15 is 0 Å². The number of hydrogen-bond acceptors (Lipinski definition) is 4. The Bertz CT molecular complexity index is 945. The van der Waals surface area contributed by atoms with Crippen LogP contribution in [-0.2, 0) is 4.79 Å². The number of likely N-dealkylation sites (tertiary alicyclic amines) is 1. The van der Waals surface area contributed by atoms with Crippen molar-refractivity contribution in [3.05, 3.63) is 88.4 Å². The van der Waals surface area contributed by atoms with Gasteiger partial charge in [-0.05, 0) is 30.5 Å². The molecule has 0 spiro atoms. The summed E-state index contributed by atoms with van der Waals surface area (Å²) in [5.74, 6) is -0.0584. The average molecular weight is 406 g/mol. The zero-order valence-corrected chi connectivity index (χ0v) is 16.8. The zero-order valence-electron chi connectivity index (χ0n) is 16.0. The lowest BCUT2D eigenvalue weighted by atomic mass is 9.96. The highest BCUT2D eigenvalue weighted by atomic mass is 32.1. The van der Waals surface area contributed by atoms with E-state index in [-0.39, 0.29) is 17.7 Å². The van der Waals surface area contributed by atoms with E-state index < -0.39 is 6.04 Å². The van der Waals surface area contributed by atoms with Gasteiger partial charge in [0.2, 0.25) is 5.91 Å². The molecule has 1 saturated heterocycles. The summed E-state index contributed by atoms with van der Waals surface area (Å²) in [6.45, 7) is 1.34. The minimum atomic E-state index is -0.709. The molecule has 0 bridgehead atoms. The van der Waals surface area contributed by atoms with Gasteiger partial charge in [0.15, 0.2) is 0 Å². The van der Waals surface area contributed by atoms with Gasteiger partial charge >= 0.3 is 0 Å². The monoisotopic (exact) mass is 405 g/mol. The van der Waals surface area contributed by atoms with Crippen LogP contribution in [0.2, 0.25) is 0 Å². The predicted molar refractivity (Wildman–Crippen MR) is 114 cm³/mol. The van der Waals surface area contributed by atoms with Crippen molar-refractivity contribution < 1.29 is 9.59 Å². The number of hydrogen-bond donors (Lipinski definition) is 1. The Labute approximate surface area is 174 Å². The molecule has 2 atom stereocenters. The van der Waals surface area contributed by atoms with Crippen LogP contribution in [0, 0.1) is 0 Å². The predicted octanol–water partition coefficient (Wildman–Crippen LogP) is 4.02. The lowest BCUT2D eigenvalue weighted by molar-refractivity contribution is -0.134. The number of carbonyl (C=O) groups excluding carboxylic acids is 2. The zero-order chi connectivity index (χ0) is 20.1. The number of nitrogens with one attached hydrogen (secondary N) is 1. The van der Waals surface area contributed by atoms with Crippen LogP contribution < -0.4 is 5.32 Å². The molecule has 0 aliphatic carbocycles. The fourth-order valence-electron chi connectivity index (χ4n) is 3.73. The fraction of sp³-hybridized carbons (Fsp3) is 0.261. The molecule has 2 aromatic carbocycles.